The Morgan fingerprint density at radius 1 is 0.941 bits per heavy atom. The third kappa shape index (κ3) is 2.57. The fraction of sp³-hybridized carbons (Fsp3) is 0.154. The Hall–Kier alpha value is -0.760. The Labute approximate surface area is 115 Å². The predicted molar refractivity (Wildman–Crippen MR) is 74.2 cm³/mol. The van der Waals surface area contributed by atoms with Crippen LogP contribution < -0.4 is 0 Å². The predicted octanol–water partition coefficient (Wildman–Crippen LogP) is 5.33. The van der Waals surface area contributed by atoms with Gasteiger partial charge < -0.3 is 0 Å². The Balaban J connectivity index is 2.64. The Kier molecular flexibility index (Phi) is 3.62. The SMILES string of the molecule is Cc1ccc(-c2c(Cl)cc(Cl)cc2Cl)nc1C. The lowest BCUT2D eigenvalue weighted by atomic mass is 10.1. The van der Waals surface area contributed by atoms with Gasteiger partial charge in [0.1, 0.15) is 0 Å². The average Bonchev–Trinajstić information content (AvgIpc) is 2.21. The van der Waals surface area contributed by atoms with Crippen LogP contribution in [0.2, 0.25) is 15.1 Å². The van der Waals surface area contributed by atoms with Crippen molar-refractivity contribution in [3.63, 3.8) is 0 Å². The first-order valence-electron chi connectivity index (χ1n) is 5.08. The zero-order chi connectivity index (χ0) is 12.6. The number of benzene rings is 1. The largest absolute Gasteiger partial charge is 0.253 e. The number of aromatic nitrogens is 1. The summed E-state index contributed by atoms with van der Waals surface area (Å²) in [4.78, 5) is 4.48. The summed E-state index contributed by atoms with van der Waals surface area (Å²) in [5, 5.41) is 1.55. The molecule has 0 radical (unpaired) electrons. The van der Waals surface area contributed by atoms with Gasteiger partial charge in [0.25, 0.3) is 0 Å². The quantitative estimate of drug-likeness (QED) is 0.691. The van der Waals surface area contributed by atoms with Crippen molar-refractivity contribution in [2.24, 2.45) is 0 Å². The molecule has 1 aromatic carbocycles. The molecule has 4 heteroatoms. The highest BCUT2D eigenvalue weighted by Crippen LogP contribution is 2.36. The molecule has 0 aliphatic carbocycles. The highest BCUT2D eigenvalue weighted by molar-refractivity contribution is 6.41. The van der Waals surface area contributed by atoms with E-state index in [1.807, 2.05) is 26.0 Å². The summed E-state index contributed by atoms with van der Waals surface area (Å²) >= 11 is 18.2. The standard InChI is InChI=1S/C13H10Cl3N/c1-7-3-4-12(17-8(7)2)13-10(15)5-9(14)6-11(13)16/h3-6H,1-2H3. The lowest BCUT2D eigenvalue weighted by Crippen LogP contribution is -1.91. The maximum absolute atomic E-state index is 6.15. The number of aryl methyl sites for hydroxylation is 2. The normalized spacial score (nSPS) is 10.6. The summed E-state index contributed by atoms with van der Waals surface area (Å²) < 4.78 is 0. The summed E-state index contributed by atoms with van der Waals surface area (Å²) in [7, 11) is 0. The number of nitrogens with zero attached hydrogens (tertiary/aromatic N) is 1. The third-order valence-electron chi connectivity index (χ3n) is 2.61. The summed E-state index contributed by atoms with van der Waals surface area (Å²) in [6, 6.07) is 7.24. The van der Waals surface area contributed by atoms with Gasteiger partial charge in [0, 0.05) is 16.3 Å². The van der Waals surface area contributed by atoms with E-state index in [0.717, 1.165) is 22.5 Å². The monoisotopic (exact) mass is 285 g/mol. The van der Waals surface area contributed by atoms with E-state index in [2.05, 4.69) is 4.98 Å². The van der Waals surface area contributed by atoms with E-state index in [-0.39, 0.29) is 0 Å². The van der Waals surface area contributed by atoms with Gasteiger partial charge in [0.15, 0.2) is 0 Å². The molecule has 0 saturated heterocycles. The van der Waals surface area contributed by atoms with Gasteiger partial charge in [0.2, 0.25) is 0 Å². The average molecular weight is 287 g/mol. The number of hydrogen-bond acceptors (Lipinski definition) is 1. The number of pyridine rings is 1. The molecule has 0 spiro atoms. The van der Waals surface area contributed by atoms with Crippen molar-refractivity contribution in [3.05, 3.63) is 50.6 Å². The van der Waals surface area contributed by atoms with E-state index < -0.39 is 0 Å². The zero-order valence-corrected chi connectivity index (χ0v) is 11.7. The lowest BCUT2D eigenvalue weighted by molar-refractivity contribution is 1.15. The van der Waals surface area contributed by atoms with Crippen molar-refractivity contribution in [1.82, 2.24) is 4.98 Å². The molecule has 0 bridgehead atoms. The van der Waals surface area contributed by atoms with Crippen LogP contribution in [0.3, 0.4) is 0 Å². The Morgan fingerprint density at radius 3 is 2.06 bits per heavy atom. The van der Waals surface area contributed by atoms with Crippen molar-refractivity contribution in [2.45, 2.75) is 13.8 Å². The molecule has 0 N–H and O–H groups in total. The second-order valence-corrected chi connectivity index (χ2v) is 5.09. The number of rotatable bonds is 1. The van der Waals surface area contributed by atoms with Gasteiger partial charge in [-0.3, -0.25) is 4.98 Å². The highest BCUT2D eigenvalue weighted by Gasteiger charge is 2.11. The molecule has 1 aromatic heterocycles. The molecular formula is C13H10Cl3N. The van der Waals surface area contributed by atoms with Crippen LogP contribution in [0.4, 0.5) is 0 Å². The van der Waals surface area contributed by atoms with Gasteiger partial charge in [0.05, 0.1) is 15.7 Å². The van der Waals surface area contributed by atoms with Crippen LogP contribution in [0.5, 0.6) is 0 Å². The van der Waals surface area contributed by atoms with Crippen LogP contribution in [0.25, 0.3) is 11.3 Å². The molecule has 2 rings (SSSR count). The summed E-state index contributed by atoms with van der Waals surface area (Å²) in [5.74, 6) is 0. The first kappa shape index (κ1) is 12.7. The molecule has 17 heavy (non-hydrogen) atoms. The molecule has 0 fully saturated rings. The van der Waals surface area contributed by atoms with Gasteiger partial charge in [-0.05, 0) is 37.6 Å². The topological polar surface area (TPSA) is 12.9 Å². The number of hydrogen-bond donors (Lipinski definition) is 0. The van der Waals surface area contributed by atoms with Crippen molar-refractivity contribution < 1.29 is 0 Å². The van der Waals surface area contributed by atoms with Gasteiger partial charge in [-0.2, -0.15) is 0 Å². The van der Waals surface area contributed by atoms with E-state index in [1.54, 1.807) is 12.1 Å². The molecule has 0 aliphatic heterocycles. The minimum atomic E-state index is 0.512. The van der Waals surface area contributed by atoms with Gasteiger partial charge in [-0.1, -0.05) is 40.9 Å². The van der Waals surface area contributed by atoms with E-state index in [1.165, 1.54) is 0 Å². The van der Waals surface area contributed by atoms with E-state index >= 15 is 0 Å². The first-order valence-corrected chi connectivity index (χ1v) is 6.21. The number of halogens is 3. The van der Waals surface area contributed by atoms with Crippen molar-refractivity contribution in [3.8, 4) is 11.3 Å². The third-order valence-corrected chi connectivity index (χ3v) is 3.43. The molecule has 0 unspecified atom stereocenters. The first-order chi connectivity index (χ1) is 7.99. The van der Waals surface area contributed by atoms with Crippen LogP contribution in [-0.2, 0) is 0 Å². The molecule has 0 atom stereocenters. The molecule has 2 aromatic rings. The molecule has 88 valence electrons. The Bertz CT molecular complexity index is 556. The summed E-state index contributed by atoms with van der Waals surface area (Å²) in [6.07, 6.45) is 0. The second kappa shape index (κ2) is 4.85. The van der Waals surface area contributed by atoms with E-state index in [0.29, 0.717) is 15.1 Å². The molecule has 0 amide bonds. The van der Waals surface area contributed by atoms with Crippen LogP contribution in [0.15, 0.2) is 24.3 Å². The molecular weight excluding hydrogens is 277 g/mol. The molecule has 1 heterocycles. The van der Waals surface area contributed by atoms with Crippen LogP contribution >= 0.6 is 34.8 Å². The molecule has 1 nitrogen and oxygen atoms in total. The van der Waals surface area contributed by atoms with Gasteiger partial charge >= 0.3 is 0 Å². The second-order valence-electron chi connectivity index (χ2n) is 3.84. The zero-order valence-electron chi connectivity index (χ0n) is 9.39. The fourth-order valence-electron chi connectivity index (χ4n) is 1.56. The summed E-state index contributed by atoms with van der Waals surface area (Å²) in [6.45, 7) is 3.97. The van der Waals surface area contributed by atoms with Crippen molar-refractivity contribution in [2.75, 3.05) is 0 Å². The molecule has 0 aliphatic rings. The molecule has 0 saturated carbocycles. The van der Waals surface area contributed by atoms with E-state index in [9.17, 15) is 0 Å². The maximum Gasteiger partial charge on any atom is 0.0735 e. The maximum atomic E-state index is 6.15. The summed E-state index contributed by atoms with van der Waals surface area (Å²) in [5.41, 5.74) is 3.58. The van der Waals surface area contributed by atoms with E-state index in [4.69, 9.17) is 34.8 Å². The van der Waals surface area contributed by atoms with Gasteiger partial charge in [-0.15, -0.1) is 0 Å². The van der Waals surface area contributed by atoms with Crippen LogP contribution in [0.1, 0.15) is 11.3 Å². The Morgan fingerprint density at radius 2 is 1.53 bits per heavy atom. The minimum absolute atomic E-state index is 0.512. The van der Waals surface area contributed by atoms with Crippen LogP contribution in [0, 0.1) is 13.8 Å². The fourth-order valence-corrected chi connectivity index (χ4v) is 2.57. The van der Waals surface area contributed by atoms with Crippen molar-refractivity contribution >= 4 is 34.8 Å². The lowest BCUT2D eigenvalue weighted by Gasteiger charge is -2.09. The van der Waals surface area contributed by atoms with Crippen LogP contribution in [-0.4, -0.2) is 4.98 Å². The highest BCUT2D eigenvalue weighted by atomic mass is 35.5. The van der Waals surface area contributed by atoms with Gasteiger partial charge in [-0.25, -0.2) is 0 Å². The smallest absolute Gasteiger partial charge is 0.0735 e. The minimum Gasteiger partial charge on any atom is -0.253 e. The van der Waals surface area contributed by atoms with Crippen molar-refractivity contribution in [1.29, 1.82) is 0 Å².